The van der Waals surface area contributed by atoms with Gasteiger partial charge in [0.05, 0.1) is 30.1 Å². The summed E-state index contributed by atoms with van der Waals surface area (Å²) in [5, 5.41) is 12.9. The SMILES string of the molecule is C[C@H]1CC2(CCN(c3cnc(Sc4cccc(-c5nc(C#N)cs5)c4Cl)cn3)CC2)CO1. The number of hydrogen-bond donors (Lipinski definition) is 0. The van der Waals surface area contributed by atoms with E-state index in [1.165, 1.54) is 29.5 Å². The summed E-state index contributed by atoms with van der Waals surface area (Å²) in [6, 6.07) is 7.88. The number of thiazole rings is 1. The quantitative estimate of drug-likeness (QED) is 0.473. The molecule has 0 aliphatic carbocycles. The van der Waals surface area contributed by atoms with Gasteiger partial charge in [-0.25, -0.2) is 15.0 Å². The molecule has 5 rings (SSSR count). The first-order chi connectivity index (χ1) is 15.5. The molecule has 4 heterocycles. The fraction of sp³-hybridized carbons (Fsp3) is 0.391. The number of aromatic nitrogens is 3. The zero-order chi connectivity index (χ0) is 22.1. The van der Waals surface area contributed by atoms with Gasteiger partial charge in [0.25, 0.3) is 0 Å². The van der Waals surface area contributed by atoms with Crippen LogP contribution in [0.5, 0.6) is 0 Å². The molecular weight excluding hydrogens is 462 g/mol. The molecule has 2 aliphatic rings. The third kappa shape index (κ3) is 4.35. The van der Waals surface area contributed by atoms with Gasteiger partial charge >= 0.3 is 0 Å². The predicted octanol–water partition coefficient (Wildman–Crippen LogP) is 5.67. The Labute approximate surface area is 200 Å². The lowest BCUT2D eigenvalue weighted by molar-refractivity contribution is 0.0976. The third-order valence-corrected chi connectivity index (χ3v) is 8.56. The Kier molecular flexibility index (Phi) is 6.08. The molecule has 0 unspecified atom stereocenters. The maximum Gasteiger partial charge on any atom is 0.152 e. The molecule has 32 heavy (non-hydrogen) atoms. The Morgan fingerprint density at radius 1 is 1.28 bits per heavy atom. The third-order valence-electron chi connectivity index (χ3n) is 6.18. The molecular formula is C23H22ClN5OS2. The standard InChI is InChI=1S/C23H22ClN5OS2/c1-15-9-23(14-30-15)5-7-29(8-6-23)19-11-27-20(12-26-19)32-18-4-2-3-17(21(18)24)22-28-16(10-25)13-31-22/h2-4,11-13,15H,5-9,14H2,1H3/t15-/m0/s1. The van der Waals surface area contributed by atoms with Gasteiger partial charge in [0.1, 0.15) is 21.9 Å². The van der Waals surface area contributed by atoms with Crippen LogP contribution < -0.4 is 4.90 Å². The van der Waals surface area contributed by atoms with Gasteiger partial charge in [0, 0.05) is 28.9 Å². The van der Waals surface area contributed by atoms with Crippen LogP contribution in [0.1, 0.15) is 31.9 Å². The second-order valence-electron chi connectivity index (χ2n) is 8.40. The van der Waals surface area contributed by atoms with Crippen LogP contribution in [0.4, 0.5) is 5.82 Å². The van der Waals surface area contributed by atoms with Gasteiger partial charge in [-0.3, -0.25) is 0 Å². The molecule has 3 aromatic rings. The molecule has 0 N–H and O–H groups in total. The largest absolute Gasteiger partial charge is 0.378 e. The highest BCUT2D eigenvalue weighted by Crippen LogP contribution is 2.43. The van der Waals surface area contributed by atoms with E-state index in [1.807, 2.05) is 30.6 Å². The molecule has 2 saturated heterocycles. The summed E-state index contributed by atoms with van der Waals surface area (Å²) in [6.07, 6.45) is 7.49. The average Bonchev–Trinajstić information content (AvgIpc) is 3.43. The number of halogens is 1. The van der Waals surface area contributed by atoms with Crippen molar-refractivity contribution >= 4 is 40.5 Å². The van der Waals surface area contributed by atoms with E-state index in [2.05, 4.69) is 32.8 Å². The van der Waals surface area contributed by atoms with Crippen molar-refractivity contribution in [2.45, 2.75) is 42.2 Å². The van der Waals surface area contributed by atoms with E-state index < -0.39 is 0 Å². The van der Waals surface area contributed by atoms with Crippen molar-refractivity contribution in [2.75, 3.05) is 24.6 Å². The van der Waals surface area contributed by atoms with Crippen LogP contribution in [0.3, 0.4) is 0 Å². The molecule has 0 amide bonds. The van der Waals surface area contributed by atoms with Crippen molar-refractivity contribution in [2.24, 2.45) is 5.41 Å². The van der Waals surface area contributed by atoms with E-state index in [4.69, 9.17) is 21.6 Å². The highest BCUT2D eigenvalue weighted by atomic mass is 35.5. The van der Waals surface area contributed by atoms with Gasteiger partial charge < -0.3 is 9.64 Å². The van der Waals surface area contributed by atoms with Crippen molar-refractivity contribution in [3.05, 3.63) is 46.7 Å². The van der Waals surface area contributed by atoms with E-state index in [0.29, 0.717) is 22.2 Å². The Bertz CT molecular complexity index is 1150. The molecule has 1 aromatic carbocycles. The van der Waals surface area contributed by atoms with Gasteiger partial charge in [-0.05, 0) is 37.7 Å². The number of rotatable bonds is 4. The number of nitriles is 1. The molecule has 1 atom stereocenters. The first kappa shape index (κ1) is 21.7. The molecule has 0 radical (unpaired) electrons. The summed E-state index contributed by atoms with van der Waals surface area (Å²) in [5.74, 6) is 0.919. The van der Waals surface area contributed by atoms with Gasteiger partial charge in [-0.15, -0.1) is 11.3 Å². The summed E-state index contributed by atoms with van der Waals surface area (Å²) in [7, 11) is 0. The first-order valence-electron chi connectivity index (χ1n) is 10.6. The smallest absolute Gasteiger partial charge is 0.152 e. The maximum absolute atomic E-state index is 9.03. The van der Waals surface area contributed by atoms with Gasteiger partial charge in [0.15, 0.2) is 5.69 Å². The lowest BCUT2D eigenvalue weighted by atomic mass is 9.77. The Morgan fingerprint density at radius 2 is 2.12 bits per heavy atom. The number of anilines is 1. The summed E-state index contributed by atoms with van der Waals surface area (Å²) in [6.45, 7) is 5.04. The first-order valence-corrected chi connectivity index (χ1v) is 12.6. The van der Waals surface area contributed by atoms with Gasteiger partial charge in [0.2, 0.25) is 0 Å². The molecule has 2 aliphatic heterocycles. The number of nitrogens with zero attached hydrogens (tertiary/aromatic N) is 5. The van der Waals surface area contributed by atoms with Gasteiger partial charge in [-0.2, -0.15) is 5.26 Å². The minimum Gasteiger partial charge on any atom is -0.378 e. The Hall–Kier alpha value is -2.18. The van der Waals surface area contributed by atoms with Crippen molar-refractivity contribution in [3.8, 4) is 16.6 Å². The second kappa shape index (κ2) is 8.99. The molecule has 0 saturated carbocycles. The number of ether oxygens (including phenoxy) is 1. The fourth-order valence-corrected chi connectivity index (χ4v) is 6.39. The summed E-state index contributed by atoms with van der Waals surface area (Å²) in [5.41, 5.74) is 1.58. The van der Waals surface area contributed by atoms with Crippen LogP contribution in [-0.4, -0.2) is 40.8 Å². The predicted molar refractivity (Wildman–Crippen MR) is 127 cm³/mol. The number of benzene rings is 1. The van der Waals surface area contributed by atoms with E-state index in [9.17, 15) is 0 Å². The summed E-state index contributed by atoms with van der Waals surface area (Å²) < 4.78 is 5.84. The monoisotopic (exact) mass is 483 g/mol. The van der Waals surface area contributed by atoms with E-state index in [0.717, 1.165) is 58.8 Å². The molecule has 1 spiro atoms. The average molecular weight is 484 g/mol. The maximum atomic E-state index is 9.03. The molecule has 2 aromatic heterocycles. The lowest BCUT2D eigenvalue weighted by Gasteiger charge is -2.38. The van der Waals surface area contributed by atoms with E-state index in [1.54, 1.807) is 5.38 Å². The zero-order valence-corrected chi connectivity index (χ0v) is 20.0. The Balaban J connectivity index is 1.27. The molecule has 6 nitrogen and oxygen atoms in total. The highest BCUT2D eigenvalue weighted by Gasteiger charge is 2.41. The molecule has 2 fully saturated rings. The van der Waals surface area contributed by atoms with Crippen LogP contribution in [0, 0.1) is 16.7 Å². The van der Waals surface area contributed by atoms with Crippen LogP contribution in [0.2, 0.25) is 5.02 Å². The highest BCUT2D eigenvalue weighted by molar-refractivity contribution is 7.99. The van der Waals surface area contributed by atoms with Crippen LogP contribution in [0.15, 0.2) is 45.9 Å². The lowest BCUT2D eigenvalue weighted by Crippen LogP contribution is -2.41. The number of piperidine rings is 1. The van der Waals surface area contributed by atoms with Crippen molar-refractivity contribution in [1.29, 1.82) is 5.26 Å². The summed E-state index contributed by atoms with van der Waals surface area (Å²) in [4.78, 5) is 16.8. The molecule has 164 valence electrons. The van der Waals surface area contributed by atoms with Gasteiger partial charge in [-0.1, -0.05) is 35.5 Å². The summed E-state index contributed by atoms with van der Waals surface area (Å²) >= 11 is 9.55. The van der Waals surface area contributed by atoms with E-state index >= 15 is 0 Å². The topological polar surface area (TPSA) is 74.9 Å². The van der Waals surface area contributed by atoms with Crippen LogP contribution in [-0.2, 0) is 4.74 Å². The van der Waals surface area contributed by atoms with Crippen molar-refractivity contribution < 1.29 is 4.74 Å². The fourth-order valence-electron chi connectivity index (χ4n) is 4.45. The van der Waals surface area contributed by atoms with E-state index in [-0.39, 0.29) is 0 Å². The molecule has 9 heteroatoms. The zero-order valence-electron chi connectivity index (χ0n) is 17.6. The van der Waals surface area contributed by atoms with Crippen molar-refractivity contribution in [3.63, 3.8) is 0 Å². The second-order valence-corrected chi connectivity index (χ2v) is 10.7. The normalized spacial score (nSPS) is 19.9. The minimum atomic E-state index is 0.354. The number of hydrogen-bond acceptors (Lipinski definition) is 8. The Morgan fingerprint density at radius 3 is 2.78 bits per heavy atom. The minimum absolute atomic E-state index is 0.354. The van der Waals surface area contributed by atoms with Crippen molar-refractivity contribution in [1.82, 2.24) is 15.0 Å². The van der Waals surface area contributed by atoms with Crippen LogP contribution >= 0.6 is 34.7 Å². The van der Waals surface area contributed by atoms with Crippen LogP contribution in [0.25, 0.3) is 10.6 Å². The molecule has 0 bridgehead atoms.